The molecule has 3 heteroatoms. The van der Waals surface area contributed by atoms with Gasteiger partial charge in [-0.1, -0.05) is 30.3 Å². The number of para-hydroxylation sites is 1. The Hall–Kier alpha value is -2.13. The molecule has 0 amide bonds. The lowest BCUT2D eigenvalue weighted by molar-refractivity contribution is 0.565. The minimum absolute atomic E-state index is 0.188. The Kier molecular flexibility index (Phi) is 4.02. The van der Waals surface area contributed by atoms with Crippen LogP contribution in [0.1, 0.15) is 16.9 Å². The van der Waals surface area contributed by atoms with Gasteiger partial charge in [-0.05, 0) is 43.7 Å². The van der Waals surface area contributed by atoms with Crippen molar-refractivity contribution in [1.29, 1.82) is 0 Å². The maximum atomic E-state index is 12.8. The predicted molar refractivity (Wildman–Crippen MR) is 82.8 cm³/mol. The van der Waals surface area contributed by atoms with Crippen molar-refractivity contribution in [2.45, 2.75) is 19.9 Å². The van der Waals surface area contributed by atoms with Crippen LogP contribution in [-0.4, -0.2) is 6.54 Å². The minimum atomic E-state index is -0.188. The zero-order chi connectivity index (χ0) is 14.7. The number of benzene rings is 2. The molecule has 0 saturated carbocycles. The second-order valence-corrected chi connectivity index (χ2v) is 5.19. The van der Waals surface area contributed by atoms with E-state index in [9.17, 15) is 4.39 Å². The molecule has 3 aromatic rings. The molecule has 21 heavy (non-hydrogen) atoms. The summed E-state index contributed by atoms with van der Waals surface area (Å²) in [4.78, 5) is 0. The number of hydrogen-bond acceptors (Lipinski definition) is 2. The van der Waals surface area contributed by atoms with Gasteiger partial charge >= 0.3 is 0 Å². The van der Waals surface area contributed by atoms with Crippen molar-refractivity contribution in [3.05, 3.63) is 71.2 Å². The van der Waals surface area contributed by atoms with Crippen LogP contribution in [-0.2, 0) is 13.0 Å². The SMILES string of the molecule is Cc1oc2ccccc2c1CNCCc1ccc(F)cc1. The molecule has 0 radical (unpaired) electrons. The van der Waals surface area contributed by atoms with Crippen LogP contribution in [0.3, 0.4) is 0 Å². The Morgan fingerprint density at radius 2 is 1.81 bits per heavy atom. The minimum Gasteiger partial charge on any atom is -0.461 e. The first-order valence-electron chi connectivity index (χ1n) is 7.16. The van der Waals surface area contributed by atoms with Gasteiger partial charge in [0, 0.05) is 17.5 Å². The molecule has 0 unspecified atom stereocenters. The Bertz CT molecular complexity index is 731. The van der Waals surface area contributed by atoms with Gasteiger partial charge in [0.05, 0.1) is 0 Å². The van der Waals surface area contributed by atoms with Gasteiger partial charge in [-0.2, -0.15) is 0 Å². The highest BCUT2D eigenvalue weighted by Gasteiger charge is 2.09. The van der Waals surface area contributed by atoms with Crippen molar-refractivity contribution >= 4 is 11.0 Å². The van der Waals surface area contributed by atoms with E-state index in [2.05, 4.69) is 11.4 Å². The molecule has 0 saturated heterocycles. The van der Waals surface area contributed by atoms with Gasteiger partial charge in [0.15, 0.2) is 0 Å². The van der Waals surface area contributed by atoms with Crippen LogP contribution >= 0.6 is 0 Å². The first kappa shape index (κ1) is 13.8. The lowest BCUT2D eigenvalue weighted by Crippen LogP contribution is -2.17. The highest BCUT2D eigenvalue weighted by atomic mass is 19.1. The van der Waals surface area contributed by atoms with E-state index in [0.717, 1.165) is 36.4 Å². The molecular formula is C18H18FNO. The van der Waals surface area contributed by atoms with E-state index < -0.39 is 0 Å². The summed E-state index contributed by atoms with van der Waals surface area (Å²) in [6.45, 7) is 3.63. The van der Waals surface area contributed by atoms with Gasteiger partial charge in [-0.15, -0.1) is 0 Å². The molecule has 0 bridgehead atoms. The molecule has 3 rings (SSSR count). The summed E-state index contributed by atoms with van der Waals surface area (Å²) in [6, 6.07) is 14.8. The van der Waals surface area contributed by atoms with Gasteiger partial charge < -0.3 is 9.73 Å². The van der Waals surface area contributed by atoms with E-state index in [4.69, 9.17) is 4.42 Å². The third-order valence-electron chi connectivity index (χ3n) is 3.71. The fraction of sp³-hybridized carbons (Fsp3) is 0.222. The van der Waals surface area contributed by atoms with Crippen LogP contribution in [0, 0.1) is 12.7 Å². The Morgan fingerprint density at radius 1 is 1.05 bits per heavy atom. The van der Waals surface area contributed by atoms with E-state index in [1.54, 1.807) is 0 Å². The fourth-order valence-electron chi connectivity index (χ4n) is 2.54. The Morgan fingerprint density at radius 3 is 2.62 bits per heavy atom. The molecule has 2 nitrogen and oxygen atoms in total. The van der Waals surface area contributed by atoms with Crippen molar-refractivity contribution < 1.29 is 8.81 Å². The number of hydrogen-bond donors (Lipinski definition) is 1. The first-order chi connectivity index (χ1) is 10.2. The summed E-state index contributed by atoms with van der Waals surface area (Å²) >= 11 is 0. The summed E-state index contributed by atoms with van der Waals surface area (Å²) in [5.74, 6) is 0.776. The van der Waals surface area contributed by atoms with Gasteiger partial charge in [0.1, 0.15) is 17.2 Å². The summed E-state index contributed by atoms with van der Waals surface area (Å²) < 4.78 is 18.6. The Labute approximate surface area is 123 Å². The van der Waals surface area contributed by atoms with Crippen molar-refractivity contribution in [2.24, 2.45) is 0 Å². The van der Waals surface area contributed by atoms with Gasteiger partial charge in [0.25, 0.3) is 0 Å². The molecule has 0 aliphatic rings. The summed E-state index contributed by atoms with van der Waals surface area (Å²) in [5, 5.41) is 4.60. The maximum Gasteiger partial charge on any atom is 0.134 e. The van der Waals surface area contributed by atoms with Crippen molar-refractivity contribution in [2.75, 3.05) is 6.54 Å². The zero-order valence-corrected chi connectivity index (χ0v) is 12.0. The quantitative estimate of drug-likeness (QED) is 0.709. The van der Waals surface area contributed by atoms with Gasteiger partial charge in [-0.3, -0.25) is 0 Å². The number of furan rings is 1. The van der Waals surface area contributed by atoms with Crippen LogP contribution in [0.15, 0.2) is 52.9 Å². The van der Waals surface area contributed by atoms with Gasteiger partial charge in [-0.25, -0.2) is 4.39 Å². The van der Waals surface area contributed by atoms with Crippen LogP contribution in [0.5, 0.6) is 0 Å². The highest BCUT2D eigenvalue weighted by molar-refractivity contribution is 5.82. The average molecular weight is 283 g/mol. The molecular weight excluding hydrogens is 265 g/mol. The molecule has 2 aromatic carbocycles. The van der Waals surface area contributed by atoms with E-state index >= 15 is 0 Å². The van der Waals surface area contributed by atoms with Crippen molar-refractivity contribution in [3.63, 3.8) is 0 Å². The summed E-state index contributed by atoms with van der Waals surface area (Å²) in [5.41, 5.74) is 3.28. The smallest absolute Gasteiger partial charge is 0.134 e. The number of fused-ring (bicyclic) bond motifs is 1. The van der Waals surface area contributed by atoms with Crippen LogP contribution in [0.25, 0.3) is 11.0 Å². The average Bonchev–Trinajstić information content (AvgIpc) is 2.81. The number of rotatable bonds is 5. The largest absolute Gasteiger partial charge is 0.461 e. The molecule has 0 aliphatic carbocycles. The van der Waals surface area contributed by atoms with E-state index in [-0.39, 0.29) is 5.82 Å². The predicted octanol–water partition coefficient (Wildman–Crippen LogP) is 4.21. The molecule has 1 aromatic heterocycles. The topological polar surface area (TPSA) is 25.2 Å². The molecule has 0 fully saturated rings. The monoisotopic (exact) mass is 283 g/mol. The lowest BCUT2D eigenvalue weighted by Gasteiger charge is -2.05. The molecule has 0 spiro atoms. The molecule has 108 valence electrons. The standard InChI is InChI=1S/C18H18FNO/c1-13-17(16-4-2-3-5-18(16)21-13)12-20-11-10-14-6-8-15(19)9-7-14/h2-9,20H,10-12H2,1H3. The second-order valence-electron chi connectivity index (χ2n) is 5.19. The van der Waals surface area contributed by atoms with Crippen molar-refractivity contribution in [1.82, 2.24) is 5.32 Å². The van der Waals surface area contributed by atoms with E-state index in [1.165, 1.54) is 23.1 Å². The zero-order valence-electron chi connectivity index (χ0n) is 12.0. The Balaban J connectivity index is 1.59. The summed E-state index contributed by atoms with van der Waals surface area (Å²) in [6.07, 6.45) is 0.884. The molecule has 0 atom stereocenters. The third kappa shape index (κ3) is 3.14. The van der Waals surface area contributed by atoms with E-state index in [0.29, 0.717) is 0 Å². The number of nitrogens with one attached hydrogen (secondary N) is 1. The molecule has 1 N–H and O–H groups in total. The fourth-order valence-corrected chi connectivity index (χ4v) is 2.54. The first-order valence-corrected chi connectivity index (χ1v) is 7.16. The highest BCUT2D eigenvalue weighted by Crippen LogP contribution is 2.24. The van der Waals surface area contributed by atoms with Crippen LogP contribution in [0.2, 0.25) is 0 Å². The number of aryl methyl sites for hydroxylation is 1. The number of halogens is 1. The van der Waals surface area contributed by atoms with Crippen LogP contribution < -0.4 is 5.32 Å². The molecule has 0 aliphatic heterocycles. The lowest BCUT2D eigenvalue weighted by atomic mass is 10.1. The van der Waals surface area contributed by atoms with Gasteiger partial charge in [0.2, 0.25) is 0 Å². The third-order valence-corrected chi connectivity index (χ3v) is 3.71. The van der Waals surface area contributed by atoms with Crippen LogP contribution in [0.4, 0.5) is 4.39 Å². The molecule has 1 heterocycles. The normalized spacial score (nSPS) is 11.1. The second kappa shape index (κ2) is 6.10. The maximum absolute atomic E-state index is 12.8. The van der Waals surface area contributed by atoms with E-state index in [1.807, 2.05) is 37.3 Å². The van der Waals surface area contributed by atoms with Crippen molar-refractivity contribution in [3.8, 4) is 0 Å². The summed E-state index contributed by atoms with van der Waals surface area (Å²) in [7, 11) is 0.